The van der Waals surface area contributed by atoms with Crippen LogP contribution in [0, 0.1) is 0 Å². The number of hydrazine groups is 2. The van der Waals surface area contributed by atoms with E-state index in [0.717, 1.165) is 23.9 Å². The molecule has 0 unspecified atom stereocenters. The molecule has 166 valence electrons. The molecular weight excluding hydrogens is 406 g/mol. The number of amidine groups is 1. The Morgan fingerprint density at radius 2 is 1.90 bits per heavy atom. The maximum atomic E-state index is 13.3. The summed E-state index contributed by atoms with van der Waals surface area (Å²) < 4.78 is 32.2. The molecule has 8 nitrogen and oxygen atoms in total. The number of alkyl halides is 2. The van der Waals surface area contributed by atoms with Gasteiger partial charge in [-0.25, -0.2) is 19.3 Å². The van der Waals surface area contributed by atoms with Crippen LogP contribution in [0.2, 0.25) is 0 Å². The molecule has 0 fully saturated rings. The van der Waals surface area contributed by atoms with E-state index in [0.29, 0.717) is 11.6 Å². The van der Waals surface area contributed by atoms with Crippen LogP contribution in [0.3, 0.4) is 0 Å². The average Bonchev–Trinajstić information content (AvgIpc) is 3.21. The third kappa shape index (κ3) is 6.11. The molecule has 1 aromatic carbocycles. The predicted molar refractivity (Wildman–Crippen MR) is 113 cm³/mol. The Morgan fingerprint density at radius 3 is 2.52 bits per heavy atom. The Labute approximate surface area is 179 Å². The maximum Gasteiger partial charge on any atom is 0.270 e. The highest BCUT2D eigenvalue weighted by Gasteiger charge is 2.23. The van der Waals surface area contributed by atoms with Gasteiger partial charge in [0.05, 0.1) is 5.71 Å². The molecule has 0 spiro atoms. The zero-order valence-electron chi connectivity index (χ0n) is 17.9. The number of nitrogens with zero attached hydrogens (tertiary/aromatic N) is 4. The van der Waals surface area contributed by atoms with Gasteiger partial charge in [0.1, 0.15) is 6.61 Å². The van der Waals surface area contributed by atoms with Gasteiger partial charge >= 0.3 is 0 Å². The zero-order valence-corrected chi connectivity index (χ0v) is 17.9. The predicted octanol–water partition coefficient (Wildman–Crippen LogP) is 3.56. The first-order valence-electron chi connectivity index (χ1n) is 9.83. The number of hydrazone groups is 1. The molecule has 0 atom stereocenters. The van der Waals surface area contributed by atoms with Crippen LogP contribution in [-0.4, -0.2) is 34.2 Å². The van der Waals surface area contributed by atoms with Crippen molar-refractivity contribution in [2.45, 2.75) is 46.3 Å². The number of ether oxygens (including phenoxy) is 1. The topological polar surface area (TPSA) is 83.4 Å². The number of pyridine rings is 1. The van der Waals surface area contributed by atoms with Crippen LogP contribution in [0.25, 0.3) is 0 Å². The van der Waals surface area contributed by atoms with Gasteiger partial charge in [0, 0.05) is 36.4 Å². The summed E-state index contributed by atoms with van der Waals surface area (Å²) in [4.78, 5) is 9.63. The van der Waals surface area contributed by atoms with Crippen molar-refractivity contribution < 1.29 is 18.4 Å². The maximum absolute atomic E-state index is 13.3. The highest BCUT2D eigenvalue weighted by Crippen LogP contribution is 2.26. The second-order valence-corrected chi connectivity index (χ2v) is 7.42. The normalized spacial score (nSPS) is 14.5. The summed E-state index contributed by atoms with van der Waals surface area (Å²) in [7, 11) is 0. The van der Waals surface area contributed by atoms with Gasteiger partial charge in [0.2, 0.25) is 5.88 Å². The van der Waals surface area contributed by atoms with E-state index in [-0.39, 0.29) is 24.8 Å². The van der Waals surface area contributed by atoms with E-state index in [4.69, 9.17) is 9.57 Å². The third-order valence-electron chi connectivity index (χ3n) is 4.55. The van der Waals surface area contributed by atoms with Crippen LogP contribution in [0.15, 0.2) is 52.9 Å². The van der Waals surface area contributed by atoms with E-state index < -0.39 is 5.92 Å². The van der Waals surface area contributed by atoms with E-state index in [9.17, 15) is 8.78 Å². The van der Waals surface area contributed by atoms with Crippen molar-refractivity contribution in [1.29, 1.82) is 0 Å². The fraction of sp³-hybridized carbons (Fsp3) is 0.381. The van der Waals surface area contributed by atoms with Gasteiger partial charge in [0.15, 0.2) is 12.4 Å². The second kappa shape index (κ2) is 9.69. The molecule has 2 N–H and O–H groups in total. The Morgan fingerprint density at radius 1 is 1.16 bits per heavy atom. The second-order valence-electron chi connectivity index (χ2n) is 7.42. The molecule has 3 rings (SSSR count). The first kappa shape index (κ1) is 22.4. The molecule has 10 heteroatoms. The lowest BCUT2D eigenvalue weighted by atomic mass is 10.1. The first-order valence-corrected chi connectivity index (χ1v) is 9.83. The van der Waals surface area contributed by atoms with Crippen LogP contribution in [0.1, 0.15) is 44.4 Å². The van der Waals surface area contributed by atoms with E-state index in [1.54, 1.807) is 31.3 Å². The molecule has 0 bridgehead atoms. The van der Waals surface area contributed by atoms with Gasteiger partial charge in [0.25, 0.3) is 5.92 Å². The molecule has 0 aliphatic carbocycles. The van der Waals surface area contributed by atoms with Crippen molar-refractivity contribution >= 4 is 11.5 Å². The number of nitrogens with one attached hydrogen (secondary N) is 2. The van der Waals surface area contributed by atoms with E-state index >= 15 is 0 Å². The van der Waals surface area contributed by atoms with Gasteiger partial charge < -0.3 is 9.57 Å². The lowest BCUT2D eigenvalue weighted by Gasteiger charge is -2.22. The summed E-state index contributed by atoms with van der Waals surface area (Å²) in [5.41, 5.74) is 7.76. The molecule has 1 aromatic heterocycles. The summed E-state index contributed by atoms with van der Waals surface area (Å²) in [6.07, 6.45) is 1.64. The fourth-order valence-electron chi connectivity index (χ4n) is 2.76. The van der Waals surface area contributed by atoms with Crippen molar-refractivity contribution in [3.63, 3.8) is 0 Å². The van der Waals surface area contributed by atoms with E-state index in [1.807, 2.05) is 24.9 Å². The summed E-state index contributed by atoms with van der Waals surface area (Å²) >= 11 is 0. The van der Waals surface area contributed by atoms with Gasteiger partial charge in [-0.05, 0) is 32.4 Å². The molecular formula is C21H26F2N6O2. The van der Waals surface area contributed by atoms with E-state index in [2.05, 4.69) is 26.3 Å². The van der Waals surface area contributed by atoms with Gasteiger partial charge in [-0.2, -0.15) is 0 Å². The summed E-state index contributed by atoms with van der Waals surface area (Å²) in [6.45, 7) is 7.18. The van der Waals surface area contributed by atoms with Crippen LogP contribution in [0.4, 0.5) is 8.78 Å². The van der Waals surface area contributed by atoms with Crippen LogP contribution in [0.5, 0.6) is 5.88 Å². The third-order valence-corrected chi connectivity index (χ3v) is 4.55. The zero-order chi connectivity index (χ0) is 22.4. The van der Waals surface area contributed by atoms with Crippen LogP contribution in [-0.2, 0) is 17.4 Å². The molecule has 31 heavy (non-hydrogen) atoms. The average molecular weight is 432 g/mol. The van der Waals surface area contributed by atoms with Crippen LogP contribution < -0.4 is 15.8 Å². The van der Waals surface area contributed by atoms with Crippen molar-refractivity contribution in [1.82, 2.24) is 21.1 Å². The molecule has 0 saturated carbocycles. The largest absolute Gasteiger partial charge is 0.469 e. The van der Waals surface area contributed by atoms with Gasteiger partial charge in [-0.3, -0.25) is 5.01 Å². The van der Waals surface area contributed by atoms with Gasteiger partial charge in [-0.1, -0.05) is 29.4 Å². The molecule has 0 radical (unpaired) electrons. The minimum absolute atomic E-state index is 0.0336. The number of oxime groups is 1. The molecule has 2 heterocycles. The monoisotopic (exact) mass is 432 g/mol. The van der Waals surface area contributed by atoms with Crippen molar-refractivity contribution in [3.05, 3.63) is 59.3 Å². The Balaban J connectivity index is 1.50. The lowest BCUT2D eigenvalue weighted by Crippen LogP contribution is -2.46. The lowest BCUT2D eigenvalue weighted by molar-refractivity contribution is 0.0174. The van der Waals surface area contributed by atoms with Crippen molar-refractivity contribution in [2.24, 2.45) is 10.3 Å². The molecule has 1 aliphatic heterocycles. The first-order chi connectivity index (χ1) is 14.7. The number of hydrogen-bond acceptors (Lipinski definition) is 8. The van der Waals surface area contributed by atoms with E-state index in [1.165, 1.54) is 12.1 Å². The Kier molecular flexibility index (Phi) is 7.01. The summed E-state index contributed by atoms with van der Waals surface area (Å²) in [5, 5.41) is 10.1. The SMILES string of the molecule is CC(=NOCc1ccc(C(C)(F)F)cc1)c1ccc(OCC2=NNNN2C(C)C)nc1. The molecule has 0 amide bonds. The number of rotatable bonds is 9. The standard InChI is InChI=1S/C21H26F2N6O2/c1-14(2)29-19(25-27-28-29)13-30-20-10-7-17(11-24-20)15(3)26-31-12-16-5-8-18(9-6-16)21(4,22)23/h5-11,14,27-28H,12-13H2,1-4H3. The number of benzene rings is 1. The summed E-state index contributed by atoms with van der Waals surface area (Å²) in [6, 6.07) is 9.78. The molecule has 2 aromatic rings. The molecule has 1 aliphatic rings. The smallest absolute Gasteiger partial charge is 0.270 e. The van der Waals surface area contributed by atoms with Gasteiger partial charge in [-0.15, -0.1) is 10.6 Å². The fourth-order valence-corrected chi connectivity index (χ4v) is 2.76. The quantitative estimate of drug-likeness (QED) is 0.466. The number of halogens is 2. The van der Waals surface area contributed by atoms with Crippen molar-refractivity contribution in [3.8, 4) is 5.88 Å². The molecule has 0 saturated heterocycles. The number of aromatic nitrogens is 1. The van der Waals surface area contributed by atoms with Crippen molar-refractivity contribution in [2.75, 3.05) is 6.61 Å². The highest BCUT2D eigenvalue weighted by atomic mass is 19.3. The summed E-state index contributed by atoms with van der Waals surface area (Å²) in [5.74, 6) is -1.67. The number of hydrogen-bond donors (Lipinski definition) is 2. The highest BCUT2D eigenvalue weighted by molar-refractivity contribution is 5.98. The minimum Gasteiger partial charge on any atom is -0.469 e. The van der Waals surface area contributed by atoms with Crippen LogP contribution >= 0.6 is 0 Å². The minimum atomic E-state index is -2.86. The Bertz CT molecular complexity index is 924. The Hall–Kier alpha value is -3.27.